The SMILES string of the molecule is OC[C@H]1C[C@@H](n2cnc3c(NC4CC4)ncnc32)[C@@H]2ON=C(c3ccccc3)[C@H]12. The second kappa shape index (κ2) is 6.52. The van der Waals surface area contributed by atoms with Gasteiger partial charge in [0.05, 0.1) is 24.0 Å². The molecule has 0 bridgehead atoms. The number of hydrogen-bond acceptors (Lipinski definition) is 7. The van der Waals surface area contributed by atoms with Crippen molar-refractivity contribution in [3.05, 3.63) is 48.5 Å². The Morgan fingerprint density at radius 2 is 2.00 bits per heavy atom. The van der Waals surface area contributed by atoms with E-state index in [0.717, 1.165) is 34.7 Å². The summed E-state index contributed by atoms with van der Waals surface area (Å²) in [5.74, 6) is 0.920. The average molecular weight is 390 g/mol. The third kappa shape index (κ3) is 2.70. The first-order chi connectivity index (χ1) is 14.3. The monoisotopic (exact) mass is 390 g/mol. The Hall–Kier alpha value is -3.00. The van der Waals surface area contributed by atoms with Gasteiger partial charge in [-0.2, -0.15) is 0 Å². The summed E-state index contributed by atoms with van der Waals surface area (Å²) in [5.41, 5.74) is 3.55. The van der Waals surface area contributed by atoms with Gasteiger partial charge in [0.2, 0.25) is 0 Å². The first kappa shape index (κ1) is 16.9. The molecule has 0 saturated heterocycles. The van der Waals surface area contributed by atoms with Crippen molar-refractivity contribution in [2.45, 2.75) is 37.5 Å². The first-order valence-electron chi connectivity index (χ1n) is 10.2. The van der Waals surface area contributed by atoms with Crippen LogP contribution in [0.15, 0.2) is 48.1 Å². The Bertz CT molecular complexity index is 1080. The summed E-state index contributed by atoms with van der Waals surface area (Å²) in [6.07, 6.45) is 6.40. The lowest BCUT2D eigenvalue weighted by Crippen LogP contribution is -2.28. The molecule has 2 aromatic heterocycles. The highest BCUT2D eigenvalue weighted by atomic mass is 16.6. The minimum Gasteiger partial charge on any atom is -0.396 e. The smallest absolute Gasteiger partial charge is 0.165 e. The number of imidazole rings is 1. The molecule has 8 nitrogen and oxygen atoms in total. The van der Waals surface area contributed by atoms with Gasteiger partial charge in [-0.1, -0.05) is 35.5 Å². The zero-order valence-electron chi connectivity index (χ0n) is 15.8. The van der Waals surface area contributed by atoms with E-state index < -0.39 is 0 Å². The van der Waals surface area contributed by atoms with Crippen LogP contribution in [0.25, 0.3) is 11.2 Å². The lowest BCUT2D eigenvalue weighted by Gasteiger charge is -2.19. The maximum absolute atomic E-state index is 10.1. The van der Waals surface area contributed by atoms with Crippen LogP contribution in [0.5, 0.6) is 0 Å². The van der Waals surface area contributed by atoms with Gasteiger partial charge < -0.3 is 19.8 Å². The topological polar surface area (TPSA) is 97.5 Å². The Kier molecular flexibility index (Phi) is 3.80. The van der Waals surface area contributed by atoms with Crippen molar-refractivity contribution in [1.82, 2.24) is 19.5 Å². The van der Waals surface area contributed by atoms with Crippen molar-refractivity contribution < 1.29 is 9.94 Å². The average Bonchev–Trinajstić information content (AvgIpc) is 3.16. The van der Waals surface area contributed by atoms with Gasteiger partial charge in [-0.05, 0) is 30.7 Å². The van der Waals surface area contributed by atoms with Crippen molar-refractivity contribution >= 4 is 22.7 Å². The van der Waals surface area contributed by atoms with Gasteiger partial charge in [-0.15, -0.1) is 0 Å². The molecule has 2 fully saturated rings. The van der Waals surface area contributed by atoms with E-state index in [1.807, 2.05) is 36.7 Å². The number of nitrogens with zero attached hydrogens (tertiary/aromatic N) is 5. The number of aromatic nitrogens is 4. The van der Waals surface area contributed by atoms with Crippen molar-refractivity contribution in [3.63, 3.8) is 0 Å². The number of hydrogen-bond donors (Lipinski definition) is 2. The van der Waals surface area contributed by atoms with E-state index in [1.54, 1.807) is 6.33 Å². The van der Waals surface area contributed by atoms with Gasteiger partial charge in [0, 0.05) is 12.6 Å². The van der Waals surface area contributed by atoms with E-state index in [-0.39, 0.29) is 30.6 Å². The third-order valence-electron chi connectivity index (χ3n) is 6.31. The lowest BCUT2D eigenvalue weighted by atomic mass is 9.87. The zero-order valence-corrected chi connectivity index (χ0v) is 15.8. The summed E-state index contributed by atoms with van der Waals surface area (Å²) in [5, 5.41) is 17.9. The molecule has 1 aromatic carbocycles. The fraction of sp³-hybridized carbons (Fsp3) is 0.429. The fourth-order valence-corrected chi connectivity index (χ4v) is 4.73. The van der Waals surface area contributed by atoms with Gasteiger partial charge in [-0.3, -0.25) is 0 Å². The van der Waals surface area contributed by atoms with Crippen molar-refractivity contribution in [3.8, 4) is 0 Å². The number of fused-ring (bicyclic) bond motifs is 2. The van der Waals surface area contributed by atoms with E-state index in [1.165, 1.54) is 12.8 Å². The molecule has 3 heterocycles. The quantitative estimate of drug-likeness (QED) is 0.694. The van der Waals surface area contributed by atoms with Crippen LogP contribution in [0.2, 0.25) is 0 Å². The van der Waals surface area contributed by atoms with Crippen LogP contribution in [-0.2, 0) is 4.84 Å². The molecule has 4 atom stereocenters. The van der Waals surface area contributed by atoms with E-state index in [9.17, 15) is 5.11 Å². The maximum Gasteiger partial charge on any atom is 0.165 e. The molecule has 2 aliphatic carbocycles. The first-order valence-corrected chi connectivity index (χ1v) is 10.2. The maximum atomic E-state index is 10.1. The van der Waals surface area contributed by atoms with Gasteiger partial charge in [0.15, 0.2) is 17.6 Å². The molecule has 29 heavy (non-hydrogen) atoms. The predicted molar refractivity (Wildman–Crippen MR) is 108 cm³/mol. The van der Waals surface area contributed by atoms with E-state index in [2.05, 4.69) is 30.0 Å². The van der Waals surface area contributed by atoms with Crippen LogP contribution in [0.4, 0.5) is 5.82 Å². The minimum atomic E-state index is -0.144. The number of rotatable bonds is 5. The Morgan fingerprint density at radius 3 is 2.79 bits per heavy atom. The number of oxime groups is 1. The summed E-state index contributed by atoms with van der Waals surface area (Å²) in [4.78, 5) is 19.4. The van der Waals surface area contributed by atoms with Crippen LogP contribution >= 0.6 is 0 Å². The van der Waals surface area contributed by atoms with Gasteiger partial charge in [-0.25, -0.2) is 15.0 Å². The number of aliphatic hydroxyl groups excluding tert-OH is 1. The van der Waals surface area contributed by atoms with Crippen molar-refractivity contribution in [2.24, 2.45) is 17.0 Å². The predicted octanol–water partition coefficient (Wildman–Crippen LogP) is 2.37. The molecule has 2 N–H and O–H groups in total. The van der Waals surface area contributed by atoms with Crippen LogP contribution in [0, 0.1) is 11.8 Å². The summed E-state index contributed by atoms with van der Waals surface area (Å²) >= 11 is 0. The zero-order chi connectivity index (χ0) is 19.4. The molecule has 3 aromatic rings. The highest BCUT2D eigenvalue weighted by Gasteiger charge is 2.52. The van der Waals surface area contributed by atoms with Crippen molar-refractivity contribution in [2.75, 3.05) is 11.9 Å². The van der Waals surface area contributed by atoms with Crippen LogP contribution in [-0.4, -0.2) is 49.1 Å². The molecule has 0 unspecified atom stereocenters. The Labute approximate surface area is 167 Å². The number of aliphatic hydroxyl groups is 1. The molecule has 1 aliphatic heterocycles. The van der Waals surface area contributed by atoms with E-state index in [0.29, 0.717) is 6.04 Å². The standard InChI is InChI=1S/C21H22N6O2/c28-9-13-8-15(19-16(13)17(26-29-19)12-4-2-1-3-5-12)27-11-24-18-20(25-14-6-7-14)22-10-23-21(18)27/h1-5,10-11,13-16,19,28H,6-9H2,(H,22,23,25)/t13-,15-,16+,19+/m1/s1. The van der Waals surface area contributed by atoms with Crippen molar-refractivity contribution in [1.29, 1.82) is 0 Å². The summed E-state index contributed by atoms with van der Waals surface area (Å²) in [6, 6.07) is 10.6. The molecule has 8 heteroatoms. The minimum absolute atomic E-state index is 0.00999. The molecule has 2 saturated carbocycles. The molecule has 0 radical (unpaired) electrons. The number of benzene rings is 1. The molecule has 148 valence electrons. The molecule has 3 aliphatic rings. The second-order valence-electron chi connectivity index (χ2n) is 8.15. The van der Waals surface area contributed by atoms with Gasteiger partial charge in [0.25, 0.3) is 0 Å². The van der Waals surface area contributed by atoms with E-state index >= 15 is 0 Å². The van der Waals surface area contributed by atoms with Crippen LogP contribution < -0.4 is 5.32 Å². The highest BCUT2D eigenvalue weighted by molar-refractivity contribution is 6.03. The van der Waals surface area contributed by atoms with Gasteiger partial charge in [0.1, 0.15) is 11.8 Å². The Balaban J connectivity index is 1.36. The summed E-state index contributed by atoms with van der Waals surface area (Å²) in [7, 11) is 0. The number of anilines is 1. The molecule has 0 spiro atoms. The fourth-order valence-electron chi connectivity index (χ4n) is 4.73. The number of nitrogens with one attached hydrogen (secondary N) is 1. The largest absolute Gasteiger partial charge is 0.396 e. The Morgan fingerprint density at radius 1 is 1.14 bits per heavy atom. The molecular formula is C21H22N6O2. The highest BCUT2D eigenvalue weighted by Crippen LogP contribution is 2.47. The van der Waals surface area contributed by atoms with Crippen LogP contribution in [0.3, 0.4) is 0 Å². The lowest BCUT2D eigenvalue weighted by molar-refractivity contribution is 0.0421. The van der Waals surface area contributed by atoms with Gasteiger partial charge >= 0.3 is 0 Å². The van der Waals surface area contributed by atoms with Crippen LogP contribution in [0.1, 0.15) is 30.9 Å². The summed E-state index contributed by atoms with van der Waals surface area (Å²) in [6.45, 7) is 0.100. The second-order valence-corrected chi connectivity index (χ2v) is 8.15. The summed E-state index contributed by atoms with van der Waals surface area (Å²) < 4.78 is 2.08. The molecular weight excluding hydrogens is 368 g/mol. The molecule has 6 rings (SSSR count). The third-order valence-corrected chi connectivity index (χ3v) is 6.31. The molecule has 0 amide bonds. The van der Waals surface area contributed by atoms with E-state index in [4.69, 9.17) is 4.84 Å². The normalized spacial score (nSPS) is 28.2.